The summed E-state index contributed by atoms with van der Waals surface area (Å²) >= 11 is 0. The van der Waals surface area contributed by atoms with E-state index in [1.54, 1.807) is 0 Å². The molecule has 0 saturated carbocycles. The van der Waals surface area contributed by atoms with E-state index in [-0.39, 0.29) is 25.5 Å². The first kappa shape index (κ1) is 20.9. The van der Waals surface area contributed by atoms with Gasteiger partial charge >= 0.3 is 12.1 Å². The fraction of sp³-hybridized carbons (Fsp3) is 0.348. The molecule has 3 atom stereocenters. The van der Waals surface area contributed by atoms with Gasteiger partial charge in [0, 0.05) is 18.9 Å². The lowest BCUT2D eigenvalue weighted by Gasteiger charge is -2.25. The molecule has 8 nitrogen and oxygen atoms in total. The average molecular weight is 424 g/mol. The first-order valence-corrected chi connectivity index (χ1v) is 10.2. The third-order valence-corrected chi connectivity index (χ3v) is 5.90. The number of nitrogens with one attached hydrogen (secondary N) is 1. The summed E-state index contributed by atoms with van der Waals surface area (Å²) < 4.78 is 5.43. The van der Waals surface area contributed by atoms with Crippen LogP contribution in [0.5, 0.6) is 0 Å². The van der Waals surface area contributed by atoms with Crippen molar-refractivity contribution in [1.82, 2.24) is 10.2 Å². The Hall–Kier alpha value is -3.39. The molecule has 0 radical (unpaired) electrons. The Morgan fingerprint density at radius 2 is 1.68 bits per heavy atom. The first-order valence-electron chi connectivity index (χ1n) is 10.2. The van der Waals surface area contributed by atoms with E-state index in [0.717, 1.165) is 27.2 Å². The van der Waals surface area contributed by atoms with Crippen LogP contribution in [0.2, 0.25) is 0 Å². The van der Waals surface area contributed by atoms with Gasteiger partial charge in [-0.05, 0) is 29.2 Å². The Morgan fingerprint density at radius 3 is 2.26 bits per heavy atom. The molecule has 2 aromatic rings. The molecular weight excluding hydrogens is 400 g/mol. The molecule has 2 aromatic carbocycles. The number of aliphatic carboxylic acids is 1. The Kier molecular flexibility index (Phi) is 5.65. The highest BCUT2D eigenvalue weighted by atomic mass is 16.5. The number of likely N-dealkylation sites (tertiary alicyclic amines) is 1. The van der Waals surface area contributed by atoms with Gasteiger partial charge in [0.15, 0.2) is 0 Å². The van der Waals surface area contributed by atoms with Gasteiger partial charge in [-0.1, -0.05) is 48.5 Å². The Bertz CT molecular complexity index is 977. The number of carboxylic acids is 1. The molecule has 3 N–H and O–H groups in total. The number of hydrogen-bond donors (Lipinski definition) is 3. The van der Waals surface area contributed by atoms with E-state index in [9.17, 15) is 24.6 Å². The van der Waals surface area contributed by atoms with E-state index >= 15 is 0 Å². The molecule has 31 heavy (non-hydrogen) atoms. The minimum absolute atomic E-state index is 0.0290. The summed E-state index contributed by atoms with van der Waals surface area (Å²) in [5, 5.41) is 21.5. The summed E-state index contributed by atoms with van der Waals surface area (Å²) in [6, 6.07) is 13.9. The van der Waals surface area contributed by atoms with Gasteiger partial charge < -0.3 is 25.2 Å². The number of benzene rings is 2. The van der Waals surface area contributed by atoms with Crippen molar-refractivity contribution in [1.29, 1.82) is 0 Å². The number of hydrogen-bond acceptors (Lipinski definition) is 5. The van der Waals surface area contributed by atoms with Crippen LogP contribution < -0.4 is 5.32 Å². The predicted molar refractivity (Wildman–Crippen MR) is 111 cm³/mol. The van der Waals surface area contributed by atoms with Gasteiger partial charge in [0.25, 0.3) is 0 Å². The van der Waals surface area contributed by atoms with Crippen LogP contribution >= 0.6 is 0 Å². The Balaban J connectivity index is 1.39. The summed E-state index contributed by atoms with van der Waals surface area (Å²) in [5.74, 6) is -1.86. The third-order valence-electron chi connectivity index (χ3n) is 5.90. The lowest BCUT2D eigenvalue weighted by atomic mass is 9.98. The molecule has 0 spiro atoms. The van der Waals surface area contributed by atoms with E-state index in [1.807, 2.05) is 48.5 Å². The summed E-state index contributed by atoms with van der Waals surface area (Å²) in [6.45, 7) is 1.50. The van der Waals surface area contributed by atoms with E-state index in [2.05, 4.69) is 5.32 Å². The minimum Gasteiger partial charge on any atom is -0.480 e. The lowest BCUT2D eigenvalue weighted by Crippen LogP contribution is -2.50. The molecule has 0 aromatic heterocycles. The average Bonchev–Trinajstić information content (AvgIpc) is 3.30. The summed E-state index contributed by atoms with van der Waals surface area (Å²) in [5.41, 5.74) is 4.39. The van der Waals surface area contributed by atoms with Crippen molar-refractivity contribution in [3.63, 3.8) is 0 Å². The maximum Gasteiger partial charge on any atom is 0.407 e. The number of carbonyl (C=O) groups excluding carboxylic acids is 2. The maximum absolute atomic E-state index is 12.6. The second-order valence-electron chi connectivity index (χ2n) is 7.93. The highest BCUT2D eigenvalue weighted by molar-refractivity contribution is 5.89. The lowest BCUT2D eigenvalue weighted by molar-refractivity contribution is -0.148. The van der Waals surface area contributed by atoms with Crippen molar-refractivity contribution in [3.05, 3.63) is 59.7 Å². The Morgan fingerprint density at radius 1 is 1.10 bits per heavy atom. The van der Waals surface area contributed by atoms with E-state index < -0.39 is 36.2 Å². The van der Waals surface area contributed by atoms with Crippen LogP contribution in [0, 0.1) is 0 Å². The Labute approximate surface area is 179 Å². The van der Waals surface area contributed by atoms with Gasteiger partial charge in [0.1, 0.15) is 18.7 Å². The van der Waals surface area contributed by atoms with Crippen LogP contribution in [0.25, 0.3) is 11.1 Å². The van der Waals surface area contributed by atoms with E-state index in [4.69, 9.17) is 4.74 Å². The van der Waals surface area contributed by atoms with Crippen LogP contribution in [-0.2, 0) is 14.3 Å². The molecule has 2 amide bonds. The number of amides is 2. The van der Waals surface area contributed by atoms with Gasteiger partial charge in [-0.15, -0.1) is 0 Å². The standard InChI is InChI=1S/C23H24N2O6/c1-13(21(27)25-11-14(26)10-20(25)22(28)29)24-23(30)31-12-19-17-8-4-2-6-15(17)16-7-3-5-9-18(16)19/h2-9,13-14,19-20,26H,10-12H2,1H3,(H,24,30)(H,28,29)/t13-,14?,20+/m1/s1. The van der Waals surface area contributed by atoms with Crippen molar-refractivity contribution in [3.8, 4) is 11.1 Å². The SMILES string of the molecule is C[C@@H](NC(=O)OCC1c2ccccc2-c2ccccc21)C(=O)N1CC(O)C[C@H]1C(=O)O. The van der Waals surface area contributed by atoms with Gasteiger partial charge in [0.05, 0.1) is 6.10 Å². The van der Waals surface area contributed by atoms with Gasteiger partial charge in [-0.2, -0.15) is 0 Å². The number of rotatable bonds is 5. The molecule has 1 fully saturated rings. The molecule has 8 heteroatoms. The van der Waals surface area contributed by atoms with Crippen LogP contribution in [0.4, 0.5) is 4.79 Å². The highest BCUT2D eigenvalue weighted by Crippen LogP contribution is 2.44. The van der Waals surface area contributed by atoms with Crippen LogP contribution in [-0.4, -0.2) is 64.4 Å². The second-order valence-corrected chi connectivity index (χ2v) is 7.93. The van der Waals surface area contributed by atoms with Crippen molar-refractivity contribution >= 4 is 18.0 Å². The van der Waals surface area contributed by atoms with Crippen LogP contribution in [0.1, 0.15) is 30.4 Å². The number of alkyl carbamates (subject to hydrolysis) is 1. The van der Waals surface area contributed by atoms with E-state index in [1.165, 1.54) is 6.92 Å². The normalized spacial score (nSPS) is 20.6. The maximum atomic E-state index is 12.6. The van der Waals surface area contributed by atoms with Gasteiger partial charge in [-0.3, -0.25) is 4.79 Å². The molecule has 0 bridgehead atoms. The predicted octanol–water partition coefficient (Wildman–Crippen LogP) is 1.96. The summed E-state index contributed by atoms with van der Waals surface area (Å²) in [7, 11) is 0. The molecule has 1 aliphatic heterocycles. The fourth-order valence-corrected chi connectivity index (χ4v) is 4.42. The number of β-amino-alcohol motifs (C(OH)–C–C–N with tert-alkyl or cyclic N) is 1. The van der Waals surface area contributed by atoms with Gasteiger partial charge in [0.2, 0.25) is 5.91 Å². The number of aliphatic hydroxyl groups excluding tert-OH is 1. The van der Waals surface area contributed by atoms with E-state index in [0.29, 0.717) is 0 Å². The quantitative estimate of drug-likeness (QED) is 0.676. The molecule has 4 rings (SSSR count). The number of ether oxygens (including phenoxy) is 1. The van der Waals surface area contributed by atoms with Gasteiger partial charge in [-0.25, -0.2) is 9.59 Å². The topological polar surface area (TPSA) is 116 Å². The minimum atomic E-state index is -1.18. The number of carboxylic acid groups (broad SMARTS) is 1. The van der Waals surface area contributed by atoms with Crippen LogP contribution in [0.15, 0.2) is 48.5 Å². The van der Waals surface area contributed by atoms with Crippen molar-refractivity contribution < 1.29 is 29.3 Å². The number of aliphatic hydroxyl groups is 1. The molecule has 1 heterocycles. The second kappa shape index (κ2) is 8.39. The summed E-state index contributed by atoms with van der Waals surface area (Å²) in [6.07, 6.45) is -1.68. The molecule has 162 valence electrons. The largest absolute Gasteiger partial charge is 0.480 e. The number of fused-ring (bicyclic) bond motifs is 3. The van der Waals surface area contributed by atoms with Crippen molar-refractivity contribution in [2.75, 3.05) is 13.2 Å². The zero-order valence-electron chi connectivity index (χ0n) is 17.0. The molecule has 1 saturated heterocycles. The van der Waals surface area contributed by atoms with Crippen LogP contribution in [0.3, 0.4) is 0 Å². The number of carbonyl (C=O) groups is 3. The molecular formula is C23H24N2O6. The zero-order chi connectivity index (χ0) is 22.1. The highest BCUT2D eigenvalue weighted by Gasteiger charge is 2.40. The summed E-state index contributed by atoms with van der Waals surface area (Å²) in [4.78, 5) is 37.4. The van der Waals surface area contributed by atoms with Crippen molar-refractivity contribution in [2.45, 2.75) is 37.5 Å². The third kappa shape index (κ3) is 3.98. The smallest absolute Gasteiger partial charge is 0.407 e. The zero-order valence-corrected chi connectivity index (χ0v) is 17.0. The van der Waals surface area contributed by atoms with Crippen molar-refractivity contribution in [2.24, 2.45) is 0 Å². The molecule has 1 aliphatic carbocycles. The monoisotopic (exact) mass is 424 g/mol. The fourth-order valence-electron chi connectivity index (χ4n) is 4.42. The molecule has 2 aliphatic rings. The number of nitrogens with zero attached hydrogens (tertiary/aromatic N) is 1. The first-order chi connectivity index (χ1) is 14.9. The molecule has 1 unspecified atom stereocenters.